The fraction of sp³-hybridized carbons (Fsp3) is 0.333. The Hall–Kier alpha value is -1.93. The number of hydrogen-bond acceptors (Lipinski definition) is 3. The molecule has 0 atom stereocenters. The van der Waals surface area contributed by atoms with Crippen molar-refractivity contribution in [3.05, 3.63) is 22.6 Å². The molecule has 0 spiro atoms. The van der Waals surface area contributed by atoms with E-state index in [4.69, 9.17) is 18.6 Å². The van der Waals surface area contributed by atoms with E-state index in [1.165, 1.54) is 7.11 Å². The lowest BCUT2D eigenvalue weighted by Gasteiger charge is -2.03. The highest BCUT2D eigenvalue weighted by Crippen LogP contribution is 2.04. The van der Waals surface area contributed by atoms with Crippen LogP contribution in [0.4, 0.5) is 0 Å². The largest absolute Gasteiger partial charge is 0.504 e. The maximum Gasteiger partial charge on any atom is 0.356 e. The Bertz CT molecular complexity index is 498. The molecule has 0 radical (unpaired) electrons. The van der Waals surface area contributed by atoms with Gasteiger partial charge < -0.3 is 14.2 Å². The van der Waals surface area contributed by atoms with Crippen LogP contribution in [-0.4, -0.2) is 34.4 Å². The zero-order valence-electron chi connectivity index (χ0n) is 9.87. The summed E-state index contributed by atoms with van der Waals surface area (Å²) < 4.78 is 20.2. The first-order valence-corrected chi connectivity index (χ1v) is 4.67. The molecule has 0 amide bonds. The third kappa shape index (κ3) is 2.55. The lowest BCUT2D eigenvalue weighted by Crippen LogP contribution is -2.16. The minimum absolute atomic E-state index is 0.644. The number of benzene rings is 1. The molecule has 0 unspecified atom stereocenters. The van der Waals surface area contributed by atoms with Crippen LogP contribution in [0.15, 0.2) is 12.1 Å². The second-order valence-corrected chi connectivity index (χ2v) is 2.95. The highest BCUT2D eigenvalue weighted by molar-refractivity contribution is 5.54. The third-order valence-electron chi connectivity index (χ3n) is 2.01. The van der Waals surface area contributed by atoms with Crippen molar-refractivity contribution in [2.24, 2.45) is 0 Å². The normalized spacial score (nSPS) is 10.6. The van der Waals surface area contributed by atoms with Gasteiger partial charge in [-0.15, -0.1) is 0 Å². The first-order valence-electron chi connectivity index (χ1n) is 4.67. The minimum Gasteiger partial charge on any atom is -0.504 e. The van der Waals surface area contributed by atoms with Crippen molar-refractivity contribution in [3.8, 4) is 11.5 Å². The van der Waals surface area contributed by atoms with E-state index in [0.29, 0.717) is 16.7 Å². The van der Waals surface area contributed by atoms with Crippen LogP contribution in [0.5, 0.6) is 11.5 Å². The van der Waals surface area contributed by atoms with E-state index >= 15 is 0 Å². The van der Waals surface area contributed by atoms with E-state index in [1.807, 2.05) is 0 Å². The highest BCUT2D eigenvalue weighted by Gasteiger charge is 2.04. The van der Waals surface area contributed by atoms with E-state index in [0.717, 1.165) is 5.22 Å². The molecule has 0 fully saturated rings. The average Bonchev–Trinajstić information content (AvgIpc) is 2.31. The standard InChI is InChI=1S/C12H15O4/c1-13-7-9-5-12(16-4)10(8-14-2)6-11(9)15-3/h5-7H,1-4H3/q+1. The van der Waals surface area contributed by atoms with Gasteiger partial charge in [-0.2, -0.15) is 0 Å². The molecule has 4 nitrogen and oxygen atoms in total. The fourth-order valence-electron chi connectivity index (χ4n) is 1.33. The van der Waals surface area contributed by atoms with Gasteiger partial charge in [-0.3, -0.25) is 0 Å². The van der Waals surface area contributed by atoms with Crippen LogP contribution < -0.4 is 19.9 Å². The SMILES string of the molecule is COC=c1cc(OC)c(=C=[O+]C)cc1OC. The zero-order chi connectivity index (χ0) is 12.0. The Morgan fingerprint density at radius 3 is 2.31 bits per heavy atom. The predicted molar refractivity (Wildman–Crippen MR) is 61.0 cm³/mol. The monoisotopic (exact) mass is 223 g/mol. The summed E-state index contributed by atoms with van der Waals surface area (Å²) in [6.45, 7) is 0. The lowest BCUT2D eigenvalue weighted by atomic mass is 10.2. The Labute approximate surface area is 94.1 Å². The molecular weight excluding hydrogens is 208 g/mol. The smallest absolute Gasteiger partial charge is 0.356 e. The van der Waals surface area contributed by atoms with Crippen LogP contribution in [0.3, 0.4) is 0 Å². The fourth-order valence-corrected chi connectivity index (χ4v) is 1.33. The molecular formula is C12H15O4+. The maximum atomic E-state index is 5.22. The number of ether oxygens (including phenoxy) is 3. The summed E-state index contributed by atoms with van der Waals surface area (Å²) >= 11 is 0. The van der Waals surface area contributed by atoms with E-state index in [9.17, 15) is 0 Å². The van der Waals surface area contributed by atoms with Crippen molar-refractivity contribution in [3.63, 3.8) is 0 Å². The van der Waals surface area contributed by atoms with Gasteiger partial charge in [0.25, 0.3) is 7.11 Å². The molecule has 86 valence electrons. The van der Waals surface area contributed by atoms with Crippen molar-refractivity contribution < 1.29 is 18.6 Å². The Morgan fingerprint density at radius 2 is 1.81 bits per heavy atom. The summed E-state index contributed by atoms with van der Waals surface area (Å²) in [6.07, 6.45) is 1.58. The topological polar surface area (TPSA) is 39.0 Å². The van der Waals surface area contributed by atoms with Crippen LogP contribution in [-0.2, 0) is 9.16 Å². The van der Waals surface area contributed by atoms with E-state index in [1.54, 1.807) is 39.7 Å². The summed E-state index contributed by atoms with van der Waals surface area (Å²) in [5, 5.41) is 1.48. The van der Waals surface area contributed by atoms with Crippen molar-refractivity contribution in [2.45, 2.75) is 0 Å². The molecule has 0 saturated carbocycles. The Morgan fingerprint density at radius 1 is 1.12 bits per heavy atom. The second kappa shape index (κ2) is 5.83. The van der Waals surface area contributed by atoms with Crippen LogP contribution >= 0.6 is 0 Å². The summed E-state index contributed by atoms with van der Waals surface area (Å²) in [7, 11) is 6.28. The van der Waals surface area contributed by atoms with Crippen LogP contribution in [0, 0.1) is 0 Å². The zero-order valence-corrected chi connectivity index (χ0v) is 9.87. The first-order chi connectivity index (χ1) is 7.76. The van der Waals surface area contributed by atoms with Gasteiger partial charge in [-0.05, 0) is 6.07 Å². The van der Waals surface area contributed by atoms with Gasteiger partial charge in [0.2, 0.25) is 0 Å². The van der Waals surface area contributed by atoms with Gasteiger partial charge in [-0.1, -0.05) is 0 Å². The maximum absolute atomic E-state index is 5.22. The second-order valence-electron chi connectivity index (χ2n) is 2.95. The molecule has 0 aromatic heterocycles. The molecule has 1 aromatic rings. The quantitative estimate of drug-likeness (QED) is 0.664. The van der Waals surface area contributed by atoms with Gasteiger partial charge in [0.15, 0.2) is 5.22 Å². The molecule has 0 aliphatic carbocycles. The molecule has 1 rings (SSSR count). The third-order valence-corrected chi connectivity index (χ3v) is 2.01. The van der Waals surface area contributed by atoms with Crippen LogP contribution in [0.25, 0.3) is 6.26 Å². The lowest BCUT2D eigenvalue weighted by molar-refractivity contribution is 0.188. The van der Waals surface area contributed by atoms with Gasteiger partial charge in [0.1, 0.15) is 11.5 Å². The minimum atomic E-state index is 0.644. The van der Waals surface area contributed by atoms with E-state index < -0.39 is 0 Å². The van der Waals surface area contributed by atoms with Crippen molar-refractivity contribution in [1.29, 1.82) is 0 Å². The summed E-state index contributed by atoms with van der Waals surface area (Å²) in [6, 6.07) is 3.57. The van der Waals surface area contributed by atoms with E-state index in [2.05, 4.69) is 5.94 Å². The van der Waals surface area contributed by atoms with Crippen molar-refractivity contribution >= 4 is 12.2 Å². The van der Waals surface area contributed by atoms with Gasteiger partial charge in [-0.25, -0.2) is 4.42 Å². The Balaban J connectivity index is 3.60. The van der Waals surface area contributed by atoms with Crippen LogP contribution in [0.2, 0.25) is 0 Å². The number of methoxy groups -OCH3 is 3. The summed E-state index contributed by atoms with van der Waals surface area (Å²) in [5.41, 5.74) is 0. The predicted octanol–water partition coefficient (Wildman–Crippen LogP) is -0.243. The number of hydrogen-bond donors (Lipinski definition) is 0. The molecule has 0 bridgehead atoms. The molecule has 16 heavy (non-hydrogen) atoms. The first kappa shape index (κ1) is 12.1. The van der Waals surface area contributed by atoms with Crippen LogP contribution in [0.1, 0.15) is 0 Å². The number of carbonyl (C=O) groups excluding carboxylic acids is 1. The van der Waals surface area contributed by atoms with Crippen molar-refractivity contribution in [1.82, 2.24) is 0 Å². The molecule has 0 heterocycles. The summed E-state index contributed by atoms with van der Waals surface area (Å²) in [4.78, 5) is 0. The number of rotatable bonds is 3. The molecule has 0 aliphatic rings. The Kier molecular flexibility index (Phi) is 4.42. The highest BCUT2D eigenvalue weighted by atomic mass is 16.5. The molecule has 4 heteroatoms. The van der Waals surface area contributed by atoms with Crippen molar-refractivity contribution in [2.75, 3.05) is 28.4 Å². The van der Waals surface area contributed by atoms with Gasteiger partial charge in [0, 0.05) is 6.07 Å². The van der Waals surface area contributed by atoms with E-state index in [-0.39, 0.29) is 0 Å². The van der Waals surface area contributed by atoms with Gasteiger partial charge in [0.05, 0.1) is 32.8 Å². The molecule has 0 N–H and O–H groups in total. The summed E-state index contributed by atoms with van der Waals surface area (Å²) in [5.74, 6) is 4.02. The molecule has 0 aliphatic heterocycles. The average molecular weight is 223 g/mol. The molecule has 0 saturated heterocycles. The van der Waals surface area contributed by atoms with Gasteiger partial charge >= 0.3 is 5.94 Å². The molecule has 1 aromatic carbocycles.